The molecular formula is C17H11FN2S2. The van der Waals surface area contributed by atoms with Crippen molar-refractivity contribution >= 4 is 34.3 Å². The number of aromatic nitrogens is 1. The first-order chi connectivity index (χ1) is 10.7. The molecule has 0 fully saturated rings. The maximum Gasteiger partial charge on any atom is 0.134 e. The van der Waals surface area contributed by atoms with Crippen molar-refractivity contribution in [3.05, 3.63) is 62.4 Å². The van der Waals surface area contributed by atoms with Crippen LogP contribution in [0.15, 0.2) is 41.1 Å². The molecular weight excluding hydrogens is 315 g/mol. The second-order valence-corrected chi connectivity index (χ2v) is 6.49. The van der Waals surface area contributed by atoms with Crippen LogP contribution in [0.4, 0.5) is 4.39 Å². The van der Waals surface area contributed by atoms with Crippen LogP contribution in [0.3, 0.4) is 0 Å². The van der Waals surface area contributed by atoms with E-state index in [0.29, 0.717) is 10.6 Å². The van der Waals surface area contributed by atoms with Crippen molar-refractivity contribution in [3.63, 3.8) is 0 Å². The largest absolute Gasteiger partial charge is 0.235 e. The lowest BCUT2D eigenvalue weighted by Crippen LogP contribution is -1.83. The number of thiophene rings is 1. The Labute approximate surface area is 135 Å². The number of nitriles is 1. The summed E-state index contributed by atoms with van der Waals surface area (Å²) < 4.78 is 13.0. The zero-order valence-corrected chi connectivity index (χ0v) is 13.3. The number of aryl methyl sites for hydroxylation is 1. The van der Waals surface area contributed by atoms with Gasteiger partial charge in [0, 0.05) is 15.8 Å². The van der Waals surface area contributed by atoms with Crippen LogP contribution in [-0.2, 0) is 0 Å². The van der Waals surface area contributed by atoms with Crippen molar-refractivity contribution in [2.45, 2.75) is 6.92 Å². The van der Waals surface area contributed by atoms with Gasteiger partial charge in [-0.15, -0.1) is 22.7 Å². The molecule has 108 valence electrons. The maximum absolute atomic E-state index is 13.0. The van der Waals surface area contributed by atoms with Gasteiger partial charge in [0.25, 0.3) is 0 Å². The summed E-state index contributed by atoms with van der Waals surface area (Å²) in [6, 6.07) is 10.4. The predicted octanol–water partition coefficient (Wildman–Crippen LogP) is 5.38. The Bertz CT molecular complexity index is 867. The highest BCUT2D eigenvalue weighted by molar-refractivity contribution is 7.12. The van der Waals surface area contributed by atoms with E-state index in [-0.39, 0.29) is 5.82 Å². The second-order valence-electron chi connectivity index (χ2n) is 4.68. The number of benzene rings is 1. The number of hydrogen-bond donors (Lipinski definition) is 0. The fourth-order valence-corrected chi connectivity index (χ4v) is 3.61. The summed E-state index contributed by atoms with van der Waals surface area (Å²) >= 11 is 3.02. The third-order valence-electron chi connectivity index (χ3n) is 3.17. The van der Waals surface area contributed by atoms with Crippen LogP contribution in [0.25, 0.3) is 22.9 Å². The Balaban J connectivity index is 1.95. The molecule has 22 heavy (non-hydrogen) atoms. The Hall–Kier alpha value is -2.29. The third kappa shape index (κ3) is 2.98. The fraction of sp³-hybridized carbons (Fsp3) is 0.0588. The van der Waals surface area contributed by atoms with Crippen molar-refractivity contribution in [3.8, 4) is 17.3 Å². The van der Waals surface area contributed by atoms with Gasteiger partial charge in [-0.1, -0.05) is 0 Å². The topological polar surface area (TPSA) is 36.7 Å². The lowest BCUT2D eigenvalue weighted by atomic mass is 10.2. The van der Waals surface area contributed by atoms with Crippen molar-refractivity contribution in [2.24, 2.45) is 0 Å². The van der Waals surface area contributed by atoms with E-state index < -0.39 is 0 Å². The average Bonchev–Trinajstić information content (AvgIpc) is 3.15. The van der Waals surface area contributed by atoms with E-state index in [1.54, 1.807) is 23.5 Å². The molecule has 0 N–H and O–H groups in total. The first-order valence-corrected chi connectivity index (χ1v) is 8.31. The van der Waals surface area contributed by atoms with Crippen LogP contribution in [0.5, 0.6) is 0 Å². The summed E-state index contributed by atoms with van der Waals surface area (Å²) in [5, 5.41) is 14.0. The zero-order chi connectivity index (χ0) is 15.5. The fourth-order valence-electron chi connectivity index (χ4n) is 1.96. The highest BCUT2D eigenvalue weighted by Crippen LogP contribution is 2.29. The molecule has 0 spiro atoms. The van der Waals surface area contributed by atoms with Gasteiger partial charge in [0.2, 0.25) is 0 Å². The van der Waals surface area contributed by atoms with Gasteiger partial charge in [-0.3, -0.25) is 0 Å². The Kier molecular flexibility index (Phi) is 4.14. The lowest BCUT2D eigenvalue weighted by Gasteiger charge is -1.96. The molecule has 0 unspecified atom stereocenters. The summed E-state index contributed by atoms with van der Waals surface area (Å²) in [6.07, 6.45) is 1.87. The molecule has 0 saturated heterocycles. The monoisotopic (exact) mass is 326 g/mol. The standard InChI is InChI=1S/C17H11FN2S2/c1-11-6-7-21-16(11)8-13(9-19)17-20-15(10-22-17)12-2-4-14(18)5-3-12/h2-8,10H,1H3/b13-8-. The zero-order valence-electron chi connectivity index (χ0n) is 11.7. The molecule has 1 aromatic carbocycles. The number of nitrogens with zero attached hydrogens (tertiary/aromatic N) is 2. The Morgan fingerprint density at radius 3 is 2.64 bits per heavy atom. The number of thiazole rings is 1. The number of halogens is 1. The molecule has 0 saturated carbocycles. The minimum atomic E-state index is -0.273. The van der Waals surface area contributed by atoms with E-state index in [1.165, 1.54) is 23.5 Å². The minimum absolute atomic E-state index is 0.273. The van der Waals surface area contributed by atoms with Gasteiger partial charge in [-0.25, -0.2) is 9.37 Å². The molecule has 2 nitrogen and oxygen atoms in total. The third-order valence-corrected chi connectivity index (χ3v) is 5.01. The summed E-state index contributed by atoms with van der Waals surface area (Å²) in [4.78, 5) is 5.57. The van der Waals surface area contributed by atoms with E-state index in [1.807, 2.05) is 29.8 Å². The van der Waals surface area contributed by atoms with Crippen LogP contribution in [0.1, 0.15) is 15.4 Å². The molecule has 0 bridgehead atoms. The first kappa shape index (κ1) is 14.6. The normalized spacial score (nSPS) is 11.4. The van der Waals surface area contributed by atoms with Crippen molar-refractivity contribution in [1.82, 2.24) is 4.98 Å². The van der Waals surface area contributed by atoms with Crippen LogP contribution < -0.4 is 0 Å². The molecule has 0 amide bonds. The quantitative estimate of drug-likeness (QED) is 0.606. The number of hydrogen-bond acceptors (Lipinski definition) is 4. The van der Waals surface area contributed by atoms with Crippen LogP contribution in [0.2, 0.25) is 0 Å². The van der Waals surface area contributed by atoms with Crippen molar-refractivity contribution in [1.29, 1.82) is 5.26 Å². The second kappa shape index (κ2) is 6.22. The van der Waals surface area contributed by atoms with Gasteiger partial charge in [-0.05, 0) is 54.3 Å². The lowest BCUT2D eigenvalue weighted by molar-refractivity contribution is 0.628. The van der Waals surface area contributed by atoms with E-state index in [0.717, 1.165) is 21.7 Å². The van der Waals surface area contributed by atoms with Crippen molar-refractivity contribution < 1.29 is 4.39 Å². The smallest absolute Gasteiger partial charge is 0.134 e. The Morgan fingerprint density at radius 1 is 1.23 bits per heavy atom. The summed E-state index contributed by atoms with van der Waals surface area (Å²) in [7, 11) is 0. The highest BCUT2D eigenvalue weighted by Gasteiger charge is 2.10. The van der Waals surface area contributed by atoms with E-state index in [9.17, 15) is 9.65 Å². The minimum Gasteiger partial charge on any atom is -0.235 e. The van der Waals surface area contributed by atoms with Gasteiger partial charge in [0.1, 0.15) is 16.9 Å². The molecule has 0 aliphatic carbocycles. The SMILES string of the molecule is Cc1ccsc1/C=C(/C#N)c1nc(-c2ccc(F)cc2)cs1. The molecule has 3 rings (SSSR count). The molecule has 2 heterocycles. The molecule has 0 atom stereocenters. The van der Waals surface area contributed by atoms with Gasteiger partial charge in [-0.2, -0.15) is 5.26 Å². The van der Waals surface area contributed by atoms with Gasteiger partial charge in [0.05, 0.1) is 11.3 Å². The molecule has 5 heteroatoms. The first-order valence-electron chi connectivity index (χ1n) is 6.55. The number of allylic oxidation sites excluding steroid dienone is 1. The number of rotatable bonds is 3. The van der Waals surface area contributed by atoms with Crippen LogP contribution in [-0.4, -0.2) is 4.98 Å². The molecule has 2 aromatic heterocycles. The van der Waals surface area contributed by atoms with E-state index >= 15 is 0 Å². The van der Waals surface area contributed by atoms with Gasteiger partial charge >= 0.3 is 0 Å². The highest BCUT2D eigenvalue weighted by atomic mass is 32.1. The molecule has 0 radical (unpaired) electrons. The summed E-state index contributed by atoms with van der Waals surface area (Å²) in [5.41, 5.74) is 3.29. The van der Waals surface area contributed by atoms with Gasteiger partial charge < -0.3 is 0 Å². The van der Waals surface area contributed by atoms with Crippen molar-refractivity contribution in [2.75, 3.05) is 0 Å². The molecule has 0 aliphatic heterocycles. The van der Waals surface area contributed by atoms with Gasteiger partial charge in [0.15, 0.2) is 0 Å². The van der Waals surface area contributed by atoms with E-state index in [4.69, 9.17) is 0 Å². The molecule has 3 aromatic rings. The predicted molar refractivity (Wildman–Crippen MR) is 90.0 cm³/mol. The molecule has 0 aliphatic rings. The summed E-state index contributed by atoms with van der Waals surface area (Å²) in [6.45, 7) is 2.02. The maximum atomic E-state index is 13.0. The van der Waals surface area contributed by atoms with E-state index in [2.05, 4.69) is 11.1 Å². The summed E-state index contributed by atoms with van der Waals surface area (Å²) in [5.74, 6) is -0.273. The van der Waals surface area contributed by atoms with Crippen LogP contribution >= 0.6 is 22.7 Å². The van der Waals surface area contributed by atoms with Crippen LogP contribution in [0, 0.1) is 24.1 Å². The Morgan fingerprint density at radius 2 is 2.00 bits per heavy atom. The average molecular weight is 326 g/mol.